The minimum absolute atomic E-state index is 0.00539. The Morgan fingerprint density at radius 1 is 1.35 bits per heavy atom. The molecule has 8 heteroatoms. The molecule has 1 fully saturated rings. The second kappa shape index (κ2) is 7.10. The van der Waals surface area contributed by atoms with Gasteiger partial charge in [0.1, 0.15) is 6.04 Å². The summed E-state index contributed by atoms with van der Waals surface area (Å²) in [5, 5.41) is 11.3. The fourth-order valence-electron chi connectivity index (χ4n) is 2.02. The van der Waals surface area contributed by atoms with Gasteiger partial charge in [0.05, 0.1) is 4.90 Å². The minimum atomic E-state index is -3.67. The summed E-state index contributed by atoms with van der Waals surface area (Å²) >= 11 is 0. The maximum atomic E-state index is 12.2. The van der Waals surface area contributed by atoms with E-state index in [-0.39, 0.29) is 16.9 Å². The normalized spacial score (nSPS) is 15.9. The van der Waals surface area contributed by atoms with Gasteiger partial charge in [-0.25, -0.2) is 17.9 Å². The van der Waals surface area contributed by atoms with Crippen molar-refractivity contribution in [2.45, 2.75) is 37.1 Å². The Kier molecular flexibility index (Phi) is 5.38. The first kappa shape index (κ1) is 17.4. The van der Waals surface area contributed by atoms with Gasteiger partial charge in [0, 0.05) is 12.1 Å². The lowest BCUT2D eigenvalue weighted by Crippen LogP contribution is -2.40. The van der Waals surface area contributed by atoms with Crippen LogP contribution >= 0.6 is 0 Å². The SMILES string of the molecule is CCC(NC(=O)c1cccc(S(=O)(=O)NCC2CC2)c1)C(=O)O. The molecule has 1 unspecified atom stereocenters. The number of rotatable bonds is 8. The molecule has 1 atom stereocenters. The van der Waals surface area contributed by atoms with Crippen molar-refractivity contribution in [1.82, 2.24) is 10.0 Å². The second-order valence-corrected chi connectivity index (χ2v) is 7.36. The van der Waals surface area contributed by atoms with Crippen molar-refractivity contribution in [2.24, 2.45) is 5.92 Å². The number of hydrogen-bond acceptors (Lipinski definition) is 4. The predicted octanol–water partition coefficient (Wildman–Crippen LogP) is 0.968. The predicted molar refractivity (Wildman–Crippen MR) is 83.5 cm³/mol. The molecule has 1 amide bonds. The number of carbonyl (C=O) groups is 2. The van der Waals surface area contributed by atoms with Crippen LogP contribution in [-0.2, 0) is 14.8 Å². The molecule has 0 spiro atoms. The van der Waals surface area contributed by atoms with E-state index in [1.165, 1.54) is 24.3 Å². The lowest BCUT2D eigenvalue weighted by Gasteiger charge is -2.13. The number of hydrogen-bond donors (Lipinski definition) is 3. The van der Waals surface area contributed by atoms with Gasteiger partial charge in [-0.1, -0.05) is 13.0 Å². The molecule has 1 saturated carbocycles. The Hall–Kier alpha value is -1.93. The number of benzene rings is 1. The zero-order valence-corrected chi connectivity index (χ0v) is 13.6. The third-order valence-electron chi connectivity index (χ3n) is 3.68. The Morgan fingerprint density at radius 3 is 2.61 bits per heavy atom. The van der Waals surface area contributed by atoms with Crippen molar-refractivity contribution in [3.05, 3.63) is 29.8 Å². The van der Waals surface area contributed by atoms with Gasteiger partial charge in [-0.3, -0.25) is 4.79 Å². The van der Waals surface area contributed by atoms with Gasteiger partial charge in [-0.2, -0.15) is 0 Å². The van der Waals surface area contributed by atoms with E-state index < -0.39 is 27.9 Å². The van der Waals surface area contributed by atoms with Crippen molar-refractivity contribution in [1.29, 1.82) is 0 Å². The molecule has 23 heavy (non-hydrogen) atoms. The van der Waals surface area contributed by atoms with E-state index in [1.807, 2.05) is 0 Å². The molecule has 1 aromatic carbocycles. The first-order valence-electron chi connectivity index (χ1n) is 7.47. The average Bonchev–Trinajstić information content (AvgIpc) is 3.34. The molecule has 7 nitrogen and oxygen atoms in total. The Morgan fingerprint density at radius 2 is 2.04 bits per heavy atom. The summed E-state index contributed by atoms with van der Waals surface area (Å²) in [4.78, 5) is 23.0. The molecule has 1 aromatic rings. The van der Waals surface area contributed by atoms with Crippen molar-refractivity contribution in [3.8, 4) is 0 Å². The van der Waals surface area contributed by atoms with Crippen molar-refractivity contribution in [3.63, 3.8) is 0 Å². The number of carboxylic acid groups (broad SMARTS) is 1. The van der Waals surface area contributed by atoms with Crippen LogP contribution in [0.3, 0.4) is 0 Å². The van der Waals surface area contributed by atoms with Crippen LogP contribution in [0.5, 0.6) is 0 Å². The fourth-order valence-corrected chi connectivity index (χ4v) is 3.18. The summed E-state index contributed by atoms with van der Waals surface area (Å²) in [5.41, 5.74) is 0.110. The van der Waals surface area contributed by atoms with E-state index in [4.69, 9.17) is 5.11 Å². The second-order valence-electron chi connectivity index (χ2n) is 5.60. The zero-order valence-electron chi connectivity index (χ0n) is 12.8. The highest BCUT2D eigenvalue weighted by Crippen LogP contribution is 2.28. The highest BCUT2D eigenvalue weighted by molar-refractivity contribution is 7.89. The molecule has 0 aliphatic heterocycles. The molecule has 1 aliphatic carbocycles. The van der Waals surface area contributed by atoms with Crippen LogP contribution in [0.25, 0.3) is 0 Å². The van der Waals surface area contributed by atoms with E-state index >= 15 is 0 Å². The van der Waals surface area contributed by atoms with Crippen LogP contribution < -0.4 is 10.0 Å². The summed E-state index contributed by atoms with van der Waals surface area (Å²) < 4.78 is 26.9. The molecular formula is C15H20N2O5S. The standard InChI is InChI=1S/C15H20N2O5S/c1-2-13(15(19)20)17-14(18)11-4-3-5-12(8-11)23(21,22)16-9-10-6-7-10/h3-5,8,10,13,16H,2,6-7,9H2,1H3,(H,17,18)(H,19,20). The number of carboxylic acids is 1. The van der Waals surface area contributed by atoms with E-state index in [1.54, 1.807) is 6.92 Å². The summed E-state index contributed by atoms with van der Waals surface area (Å²) in [7, 11) is -3.67. The smallest absolute Gasteiger partial charge is 0.326 e. The van der Waals surface area contributed by atoms with Crippen molar-refractivity contribution < 1.29 is 23.1 Å². The monoisotopic (exact) mass is 340 g/mol. The van der Waals surface area contributed by atoms with E-state index in [9.17, 15) is 18.0 Å². The van der Waals surface area contributed by atoms with Gasteiger partial charge in [0.15, 0.2) is 0 Å². The molecule has 0 saturated heterocycles. The quantitative estimate of drug-likeness (QED) is 0.653. The maximum absolute atomic E-state index is 12.2. The van der Waals surface area contributed by atoms with E-state index in [0.717, 1.165) is 12.8 Å². The van der Waals surface area contributed by atoms with Crippen LogP contribution in [-0.4, -0.2) is 38.0 Å². The Bertz CT molecular complexity index is 698. The minimum Gasteiger partial charge on any atom is -0.480 e. The topological polar surface area (TPSA) is 113 Å². The molecule has 0 heterocycles. The zero-order chi connectivity index (χ0) is 17.0. The summed E-state index contributed by atoms with van der Waals surface area (Å²) in [6.45, 7) is 2.04. The molecule has 0 aromatic heterocycles. The fraction of sp³-hybridized carbons (Fsp3) is 0.467. The van der Waals surface area contributed by atoms with Gasteiger partial charge in [0.2, 0.25) is 10.0 Å². The molecule has 3 N–H and O–H groups in total. The summed E-state index contributed by atoms with van der Waals surface area (Å²) in [5.74, 6) is -1.34. The van der Waals surface area contributed by atoms with Gasteiger partial charge in [-0.15, -0.1) is 0 Å². The van der Waals surface area contributed by atoms with Crippen molar-refractivity contribution >= 4 is 21.9 Å². The molecule has 1 aliphatic rings. The number of aliphatic carboxylic acids is 1. The Balaban J connectivity index is 2.11. The largest absolute Gasteiger partial charge is 0.480 e. The number of nitrogens with one attached hydrogen (secondary N) is 2. The lowest BCUT2D eigenvalue weighted by molar-refractivity contribution is -0.139. The van der Waals surface area contributed by atoms with Gasteiger partial charge >= 0.3 is 5.97 Å². The molecule has 0 radical (unpaired) electrons. The first-order valence-corrected chi connectivity index (χ1v) is 8.95. The summed E-state index contributed by atoms with van der Waals surface area (Å²) in [6, 6.07) is 4.56. The van der Waals surface area contributed by atoms with Crippen LogP contribution in [0.4, 0.5) is 0 Å². The maximum Gasteiger partial charge on any atom is 0.326 e. The van der Waals surface area contributed by atoms with Gasteiger partial charge in [0.25, 0.3) is 5.91 Å². The van der Waals surface area contributed by atoms with Gasteiger partial charge < -0.3 is 10.4 Å². The van der Waals surface area contributed by atoms with Crippen molar-refractivity contribution in [2.75, 3.05) is 6.54 Å². The van der Waals surface area contributed by atoms with Crippen LogP contribution in [0.2, 0.25) is 0 Å². The molecule has 0 bridgehead atoms. The number of carbonyl (C=O) groups excluding carboxylic acids is 1. The number of amides is 1. The van der Waals surface area contributed by atoms with Gasteiger partial charge in [-0.05, 0) is 43.4 Å². The first-order chi connectivity index (χ1) is 10.8. The Labute approximate surface area is 135 Å². The van der Waals surface area contributed by atoms with E-state index in [2.05, 4.69) is 10.0 Å². The van der Waals surface area contributed by atoms with Crippen LogP contribution in [0, 0.1) is 5.92 Å². The molecule has 2 rings (SSSR count). The average molecular weight is 340 g/mol. The molecule has 126 valence electrons. The lowest BCUT2D eigenvalue weighted by atomic mass is 10.1. The summed E-state index contributed by atoms with van der Waals surface area (Å²) in [6.07, 6.45) is 2.29. The van der Waals surface area contributed by atoms with Crippen LogP contribution in [0.1, 0.15) is 36.5 Å². The highest BCUT2D eigenvalue weighted by atomic mass is 32.2. The molecular weight excluding hydrogens is 320 g/mol. The third-order valence-corrected chi connectivity index (χ3v) is 5.10. The van der Waals surface area contributed by atoms with Crippen LogP contribution in [0.15, 0.2) is 29.2 Å². The number of sulfonamides is 1. The van der Waals surface area contributed by atoms with E-state index in [0.29, 0.717) is 12.5 Å². The highest BCUT2D eigenvalue weighted by Gasteiger charge is 2.25. The third kappa shape index (κ3) is 4.77.